The minimum absolute atomic E-state index is 0.410. The second kappa shape index (κ2) is 5.76. The van der Waals surface area contributed by atoms with E-state index in [0.717, 1.165) is 24.2 Å². The van der Waals surface area contributed by atoms with E-state index in [1.807, 2.05) is 36.1 Å². The van der Waals surface area contributed by atoms with Crippen molar-refractivity contribution in [1.29, 1.82) is 0 Å². The molecule has 0 aromatic heterocycles. The Hall–Kier alpha value is -1.66. The summed E-state index contributed by atoms with van der Waals surface area (Å²) in [5.74, 6) is 1.02. The van der Waals surface area contributed by atoms with Crippen LogP contribution < -0.4 is 0 Å². The highest BCUT2D eigenvalue weighted by Gasteiger charge is 2.22. The van der Waals surface area contributed by atoms with Crippen LogP contribution in [0.4, 0.5) is 0 Å². The van der Waals surface area contributed by atoms with Gasteiger partial charge in [0.25, 0.3) is 0 Å². The van der Waals surface area contributed by atoms with Gasteiger partial charge >= 0.3 is 0 Å². The zero-order valence-electron chi connectivity index (χ0n) is 11.2. The smallest absolute Gasteiger partial charge is 0.237 e. The summed E-state index contributed by atoms with van der Waals surface area (Å²) in [6.45, 7) is 4.81. The van der Waals surface area contributed by atoms with E-state index in [-0.39, 0.29) is 0 Å². The standard InChI is InChI=1S/C14H16N2O3S/c1-11-2-4-12(5-3-11)14-15-20(17)10-13(19-14)16-6-8-18-9-7-16/h2-5,10H,6-9H2,1H3. The zero-order valence-corrected chi connectivity index (χ0v) is 12.1. The molecule has 0 N–H and O–H groups in total. The normalized spacial score (nSPS) is 22.9. The van der Waals surface area contributed by atoms with Crippen molar-refractivity contribution in [2.45, 2.75) is 6.92 Å². The van der Waals surface area contributed by atoms with Gasteiger partial charge in [0, 0.05) is 18.7 Å². The summed E-state index contributed by atoms with van der Waals surface area (Å²) in [4.78, 5) is 2.03. The number of hydrogen-bond acceptors (Lipinski definition) is 4. The van der Waals surface area contributed by atoms with Crippen LogP contribution in [0.3, 0.4) is 0 Å². The summed E-state index contributed by atoms with van der Waals surface area (Å²) in [7, 11) is -1.39. The van der Waals surface area contributed by atoms with Gasteiger partial charge in [0.05, 0.1) is 18.6 Å². The average molecular weight is 292 g/mol. The molecule has 0 amide bonds. The Morgan fingerprint density at radius 2 is 1.90 bits per heavy atom. The van der Waals surface area contributed by atoms with Crippen LogP contribution in [0, 0.1) is 6.92 Å². The van der Waals surface area contributed by atoms with E-state index < -0.39 is 11.0 Å². The van der Waals surface area contributed by atoms with E-state index in [1.54, 1.807) is 5.41 Å². The van der Waals surface area contributed by atoms with Crippen molar-refractivity contribution in [3.63, 3.8) is 0 Å². The summed E-state index contributed by atoms with van der Waals surface area (Å²) in [5, 5.41) is 1.54. The first-order valence-corrected chi connectivity index (χ1v) is 7.68. The zero-order chi connectivity index (χ0) is 13.9. The SMILES string of the molecule is Cc1ccc(C2=NS(=O)C=C(N3CCOCC3)O2)cc1. The third-order valence-electron chi connectivity index (χ3n) is 3.20. The van der Waals surface area contributed by atoms with Crippen molar-refractivity contribution < 1.29 is 13.7 Å². The van der Waals surface area contributed by atoms with Gasteiger partial charge in [-0.25, -0.2) is 4.21 Å². The molecule has 106 valence electrons. The molecule has 1 unspecified atom stereocenters. The van der Waals surface area contributed by atoms with Crippen LogP contribution in [-0.2, 0) is 20.5 Å². The third-order valence-corrected chi connectivity index (χ3v) is 3.95. The second-order valence-electron chi connectivity index (χ2n) is 4.70. The Kier molecular flexibility index (Phi) is 3.84. The fraction of sp³-hybridized carbons (Fsp3) is 0.357. The van der Waals surface area contributed by atoms with Crippen molar-refractivity contribution >= 4 is 16.9 Å². The lowest BCUT2D eigenvalue weighted by Gasteiger charge is -2.31. The molecule has 1 aromatic carbocycles. The molecule has 0 bridgehead atoms. The molecule has 1 fully saturated rings. The molecule has 2 heterocycles. The molecule has 1 atom stereocenters. The molecule has 0 radical (unpaired) electrons. The Morgan fingerprint density at radius 3 is 2.60 bits per heavy atom. The maximum absolute atomic E-state index is 11.9. The highest BCUT2D eigenvalue weighted by Crippen LogP contribution is 2.19. The van der Waals surface area contributed by atoms with Crippen LogP contribution in [0.15, 0.2) is 40.0 Å². The molecule has 1 saturated heterocycles. The van der Waals surface area contributed by atoms with Crippen molar-refractivity contribution in [2.75, 3.05) is 26.3 Å². The molecule has 0 aliphatic carbocycles. The molecule has 6 heteroatoms. The van der Waals surface area contributed by atoms with Crippen LogP contribution in [0.5, 0.6) is 0 Å². The molecular weight excluding hydrogens is 276 g/mol. The Labute approximate surface area is 120 Å². The van der Waals surface area contributed by atoms with Gasteiger partial charge in [0.15, 0.2) is 11.0 Å². The van der Waals surface area contributed by atoms with Crippen LogP contribution in [0.1, 0.15) is 11.1 Å². The van der Waals surface area contributed by atoms with Gasteiger partial charge in [0.1, 0.15) is 0 Å². The van der Waals surface area contributed by atoms with Crippen molar-refractivity contribution in [1.82, 2.24) is 4.90 Å². The summed E-state index contributed by atoms with van der Waals surface area (Å²) >= 11 is 0. The van der Waals surface area contributed by atoms with Gasteiger partial charge in [-0.15, -0.1) is 4.40 Å². The molecule has 0 saturated carbocycles. The van der Waals surface area contributed by atoms with E-state index in [2.05, 4.69) is 4.40 Å². The predicted octanol–water partition coefficient (Wildman–Crippen LogP) is 1.57. The first kappa shape index (κ1) is 13.3. The fourth-order valence-electron chi connectivity index (χ4n) is 2.07. The number of benzene rings is 1. The molecule has 3 rings (SSSR count). The quantitative estimate of drug-likeness (QED) is 0.830. The maximum atomic E-state index is 11.9. The predicted molar refractivity (Wildman–Crippen MR) is 77.4 cm³/mol. The summed E-state index contributed by atoms with van der Waals surface area (Å²) in [6, 6.07) is 7.81. The Balaban J connectivity index is 1.80. The van der Waals surface area contributed by atoms with Gasteiger partial charge in [-0.1, -0.05) is 17.7 Å². The van der Waals surface area contributed by atoms with E-state index >= 15 is 0 Å². The first-order chi connectivity index (χ1) is 9.72. The minimum atomic E-state index is -1.39. The van der Waals surface area contributed by atoms with E-state index in [9.17, 15) is 4.21 Å². The second-order valence-corrected chi connectivity index (χ2v) is 5.67. The molecule has 20 heavy (non-hydrogen) atoms. The molecule has 2 aliphatic heterocycles. The summed E-state index contributed by atoms with van der Waals surface area (Å²) in [5.41, 5.74) is 2.00. The lowest BCUT2D eigenvalue weighted by molar-refractivity contribution is 0.0336. The van der Waals surface area contributed by atoms with Crippen LogP contribution >= 0.6 is 0 Å². The monoisotopic (exact) mass is 292 g/mol. The Bertz CT molecular complexity index is 575. The van der Waals surface area contributed by atoms with Crippen molar-refractivity contribution in [2.24, 2.45) is 4.40 Å². The number of hydrogen-bond donors (Lipinski definition) is 0. The van der Waals surface area contributed by atoms with Gasteiger partial charge in [0.2, 0.25) is 11.8 Å². The highest BCUT2D eigenvalue weighted by atomic mass is 32.2. The number of nitrogens with zero attached hydrogens (tertiary/aromatic N) is 2. The number of ether oxygens (including phenoxy) is 2. The van der Waals surface area contributed by atoms with Gasteiger partial charge < -0.3 is 14.4 Å². The molecule has 0 spiro atoms. The largest absolute Gasteiger partial charge is 0.421 e. The van der Waals surface area contributed by atoms with Crippen molar-refractivity contribution in [3.8, 4) is 0 Å². The number of aryl methyl sites for hydroxylation is 1. The lowest BCUT2D eigenvalue weighted by atomic mass is 10.1. The van der Waals surface area contributed by atoms with Crippen LogP contribution in [0.2, 0.25) is 0 Å². The maximum Gasteiger partial charge on any atom is 0.237 e. The molecule has 5 nitrogen and oxygen atoms in total. The minimum Gasteiger partial charge on any atom is -0.421 e. The van der Waals surface area contributed by atoms with Crippen LogP contribution in [-0.4, -0.2) is 41.3 Å². The molecule has 2 aliphatic rings. The van der Waals surface area contributed by atoms with Gasteiger partial charge in [-0.05, 0) is 19.1 Å². The molecule has 1 aromatic rings. The third kappa shape index (κ3) is 2.91. The lowest BCUT2D eigenvalue weighted by Crippen LogP contribution is -2.38. The number of morpholine rings is 1. The van der Waals surface area contributed by atoms with Gasteiger partial charge in [-0.2, -0.15) is 0 Å². The Morgan fingerprint density at radius 1 is 1.20 bits per heavy atom. The highest BCUT2D eigenvalue weighted by molar-refractivity contribution is 7.86. The van der Waals surface area contributed by atoms with Crippen LogP contribution in [0.25, 0.3) is 0 Å². The van der Waals surface area contributed by atoms with Gasteiger partial charge in [-0.3, -0.25) is 0 Å². The summed E-state index contributed by atoms with van der Waals surface area (Å²) < 4.78 is 27.1. The average Bonchev–Trinajstić information content (AvgIpc) is 2.48. The fourth-order valence-corrected chi connectivity index (χ4v) is 2.80. The van der Waals surface area contributed by atoms with E-state index in [1.165, 1.54) is 0 Å². The number of rotatable bonds is 2. The van der Waals surface area contributed by atoms with Crippen molar-refractivity contribution in [3.05, 3.63) is 46.7 Å². The first-order valence-electron chi connectivity index (χ1n) is 6.51. The van der Waals surface area contributed by atoms with E-state index in [4.69, 9.17) is 9.47 Å². The summed E-state index contributed by atoms with van der Waals surface area (Å²) in [6.07, 6.45) is 0. The topological polar surface area (TPSA) is 51.1 Å². The van der Waals surface area contributed by atoms with E-state index in [0.29, 0.717) is 25.0 Å². The molecular formula is C14H16N2O3S.